The number of fused-ring (bicyclic) bond motifs is 1. The van der Waals surface area contributed by atoms with Gasteiger partial charge in [-0.2, -0.15) is 0 Å². The second kappa shape index (κ2) is 8.21. The van der Waals surface area contributed by atoms with Gasteiger partial charge in [0.25, 0.3) is 0 Å². The number of thioether (sulfide) groups is 1. The van der Waals surface area contributed by atoms with Crippen LogP contribution >= 0.6 is 34.7 Å². The number of rotatable bonds is 6. The van der Waals surface area contributed by atoms with Crippen molar-refractivity contribution in [2.75, 3.05) is 12.8 Å². The zero-order valence-electron chi connectivity index (χ0n) is 14.1. The molecule has 1 heterocycles. The van der Waals surface area contributed by atoms with Gasteiger partial charge < -0.3 is 4.90 Å². The van der Waals surface area contributed by atoms with E-state index in [1.807, 2.05) is 56.4 Å². The molecule has 3 aromatic rings. The molecule has 0 saturated carbocycles. The lowest BCUT2D eigenvalue weighted by atomic mass is 10.2. The molecule has 0 aliphatic heterocycles. The molecule has 0 N–H and O–H groups in total. The van der Waals surface area contributed by atoms with E-state index in [4.69, 9.17) is 11.6 Å². The molecule has 0 aliphatic carbocycles. The van der Waals surface area contributed by atoms with Crippen LogP contribution in [0.2, 0.25) is 5.02 Å². The average molecular weight is 391 g/mol. The number of para-hydroxylation sites is 1. The molecule has 3 nitrogen and oxygen atoms in total. The van der Waals surface area contributed by atoms with Crippen molar-refractivity contribution >= 4 is 50.8 Å². The molecule has 0 aliphatic rings. The lowest BCUT2D eigenvalue weighted by Crippen LogP contribution is -2.31. The molecule has 0 radical (unpaired) electrons. The average Bonchev–Trinajstić information content (AvgIpc) is 3.04. The monoisotopic (exact) mass is 390 g/mol. The van der Waals surface area contributed by atoms with E-state index < -0.39 is 0 Å². The number of carbonyl (C=O) groups is 1. The van der Waals surface area contributed by atoms with Gasteiger partial charge in [0, 0.05) is 17.8 Å². The van der Waals surface area contributed by atoms with Gasteiger partial charge >= 0.3 is 0 Å². The van der Waals surface area contributed by atoms with Gasteiger partial charge in [0.05, 0.1) is 22.0 Å². The molecule has 0 saturated heterocycles. The number of aromatic nitrogens is 1. The van der Waals surface area contributed by atoms with Crippen LogP contribution in [0.15, 0.2) is 48.5 Å². The van der Waals surface area contributed by atoms with E-state index in [1.165, 1.54) is 0 Å². The standard InChI is InChI=1S/C19H19ClN2OS2/c1-13(19-21-16-8-3-4-9-17(16)25-19)22(2)18(23)12-24-11-14-6-5-7-15(20)10-14/h3-10,13H,11-12H2,1-2H3/t13-/m1/s1. The maximum Gasteiger partial charge on any atom is 0.232 e. The summed E-state index contributed by atoms with van der Waals surface area (Å²) in [6.45, 7) is 2.03. The Morgan fingerprint density at radius 3 is 2.84 bits per heavy atom. The number of amides is 1. The Morgan fingerprint density at radius 1 is 1.28 bits per heavy atom. The Bertz CT molecular complexity index is 847. The second-order valence-electron chi connectivity index (χ2n) is 5.82. The number of thiazole rings is 1. The highest BCUT2D eigenvalue weighted by atomic mass is 35.5. The van der Waals surface area contributed by atoms with Gasteiger partial charge in [-0.25, -0.2) is 4.98 Å². The molecule has 25 heavy (non-hydrogen) atoms. The van der Waals surface area contributed by atoms with E-state index in [1.54, 1.807) is 28.0 Å². The number of carbonyl (C=O) groups excluding carboxylic acids is 1. The van der Waals surface area contributed by atoms with Crippen LogP contribution in [0.25, 0.3) is 10.2 Å². The van der Waals surface area contributed by atoms with Crippen LogP contribution in [0, 0.1) is 0 Å². The largest absolute Gasteiger partial charge is 0.336 e. The lowest BCUT2D eigenvalue weighted by Gasteiger charge is -2.23. The molecule has 130 valence electrons. The molecule has 0 bridgehead atoms. The number of nitrogens with zero attached hydrogens (tertiary/aromatic N) is 2. The van der Waals surface area contributed by atoms with Crippen LogP contribution in [0.3, 0.4) is 0 Å². The fourth-order valence-corrected chi connectivity index (χ4v) is 4.61. The normalized spacial score (nSPS) is 12.3. The zero-order chi connectivity index (χ0) is 17.8. The van der Waals surface area contributed by atoms with Crippen molar-refractivity contribution in [2.45, 2.75) is 18.7 Å². The van der Waals surface area contributed by atoms with Gasteiger partial charge in [0.15, 0.2) is 0 Å². The van der Waals surface area contributed by atoms with Crippen LogP contribution in [-0.4, -0.2) is 28.6 Å². The molecular weight excluding hydrogens is 372 g/mol. The van der Waals surface area contributed by atoms with Crippen LogP contribution in [0.5, 0.6) is 0 Å². The zero-order valence-corrected chi connectivity index (χ0v) is 16.5. The molecule has 1 amide bonds. The Balaban J connectivity index is 1.57. The lowest BCUT2D eigenvalue weighted by molar-refractivity contribution is -0.128. The van der Waals surface area contributed by atoms with E-state index in [2.05, 4.69) is 11.1 Å². The van der Waals surface area contributed by atoms with Crippen LogP contribution in [0.1, 0.15) is 23.5 Å². The van der Waals surface area contributed by atoms with Gasteiger partial charge in [-0.15, -0.1) is 23.1 Å². The number of hydrogen-bond donors (Lipinski definition) is 0. The minimum atomic E-state index is -0.0309. The number of hydrogen-bond acceptors (Lipinski definition) is 4. The van der Waals surface area contributed by atoms with E-state index in [0.717, 1.165) is 31.6 Å². The summed E-state index contributed by atoms with van der Waals surface area (Å²) in [7, 11) is 1.85. The highest BCUT2D eigenvalue weighted by Crippen LogP contribution is 2.29. The summed E-state index contributed by atoms with van der Waals surface area (Å²) in [5.41, 5.74) is 2.12. The van der Waals surface area contributed by atoms with Crippen molar-refractivity contribution in [3.63, 3.8) is 0 Å². The topological polar surface area (TPSA) is 33.2 Å². The van der Waals surface area contributed by atoms with E-state index in [9.17, 15) is 4.79 Å². The third-order valence-corrected chi connectivity index (χ3v) is 6.46. The minimum absolute atomic E-state index is 0.0309. The molecule has 6 heteroatoms. The molecular formula is C19H19ClN2OS2. The molecule has 3 rings (SSSR count). The van der Waals surface area contributed by atoms with E-state index in [-0.39, 0.29) is 11.9 Å². The van der Waals surface area contributed by atoms with Crippen molar-refractivity contribution in [1.29, 1.82) is 0 Å². The predicted octanol–water partition coefficient (Wildman–Crippen LogP) is 5.40. The number of halogens is 1. The first-order valence-corrected chi connectivity index (χ1v) is 10.3. The minimum Gasteiger partial charge on any atom is -0.336 e. The molecule has 1 atom stereocenters. The van der Waals surface area contributed by atoms with E-state index in [0.29, 0.717) is 5.75 Å². The van der Waals surface area contributed by atoms with Crippen molar-refractivity contribution in [2.24, 2.45) is 0 Å². The summed E-state index contributed by atoms with van der Waals surface area (Å²) in [5, 5.41) is 1.70. The first kappa shape index (κ1) is 18.2. The Labute approximate surface area is 161 Å². The van der Waals surface area contributed by atoms with Gasteiger partial charge in [0.2, 0.25) is 5.91 Å². The fraction of sp³-hybridized carbons (Fsp3) is 0.263. The Kier molecular flexibility index (Phi) is 5.99. The smallest absolute Gasteiger partial charge is 0.232 e. The second-order valence-corrected chi connectivity index (χ2v) is 8.31. The number of benzene rings is 2. The first-order chi connectivity index (χ1) is 12.0. The quantitative estimate of drug-likeness (QED) is 0.564. The SMILES string of the molecule is C[C@H](c1nc2ccccc2s1)N(C)C(=O)CSCc1cccc(Cl)c1. The fourth-order valence-electron chi connectivity index (χ4n) is 2.44. The summed E-state index contributed by atoms with van der Waals surface area (Å²) < 4.78 is 1.15. The first-order valence-electron chi connectivity index (χ1n) is 7.98. The Hall–Kier alpha value is -1.56. The van der Waals surface area contributed by atoms with Gasteiger partial charge in [-0.1, -0.05) is 35.9 Å². The summed E-state index contributed by atoms with van der Waals surface area (Å²) in [5.74, 6) is 1.33. The van der Waals surface area contributed by atoms with Crippen molar-refractivity contribution in [3.8, 4) is 0 Å². The van der Waals surface area contributed by atoms with Crippen molar-refractivity contribution < 1.29 is 4.79 Å². The predicted molar refractivity (Wildman–Crippen MR) is 108 cm³/mol. The summed E-state index contributed by atoms with van der Waals surface area (Å²) >= 11 is 9.24. The summed E-state index contributed by atoms with van der Waals surface area (Å²) in [6, 6.07) is 15.8. The maximum absolute atomic E-state index is 12.5. The van der Waals surface area contributed by atoms with Crippen LogP contribution in [-0.2, 0) is 10.5 Å². The third kappa shape index (κ3) is 4.54. The maximum atomic E-state index is 12.5. The Morgan fingerprint density at radius 2 is 2.08 bits per heavy atom. The van der Waals surface area contributed by atoms with Gasteiger partial charge in [-0.3, -0.25) is 4.79 Å². The van der Waals surface area contributed by atoms with Crippen LogP contribution < -0.4 is 0 Å². The van der Waals surface area contributed by atoms with Gasteiger partial charge in [0.1, 0.15) is 5.01 Å². The molecule has 0 unspecified atom stereocenters. The van der Waals surface area contributed by atoms with Crippen molar-refractivity contribution in [3.05, 3.63) is 64.1 Å². The summed E-state index contributed by atoms with van der Waals surface area (Å²) in [4.78, 5) is 18.9. The van der Waals surface area contributed by atoms with E-state index >= 15 is 0 Å². The summed E-state index contributed by atoms with van der Waals surface area (Å²) in [6.07, 6.45) is 0. The highest BCUT2D eigenvalue weighted by Gasteiger charge is 2.20. The molecule has 1 aromatic heterocycles. The third-order valence-electron chi connectivity index (χ3n) is 4.03. The van der Waals surface area contributed by atoms with Crippen molar-refractivity contribution in [1.82, 2.24) is 9.88 Å². The van der Waals surface area contributed by atoms with Gasteiger partial charge in [-0.05, 0) is 36.8 Å². The highest BCUT2D eigenvalue weighted by molar-refractivity contribution is 7.99. The molecule has 0 spiro atoms. The molecule has 2 aromatic carbocycles. The van der Waals surface area contributed by atoms with Crippen LogP contribution in [0.4, 0.5) is 0 Å². The molecule has 0 fully saturated rings.